The maximum absolute atomic E-state index is 13.8. The first-order chi connectivity index (χ1) is 12.5. The van der Waals surface area contributed by atoms with Gasteiger partial charge in [0.05, 0.1) is 25.8 Å². The number of para-hydroxylation sites is 1. The molecule has 1 N–H and O–H groups in total. The van der Waals surface area contributed by atoms with Crippen molar-refractivity contribution in [3.63, 3.8) is 0 Å². The van der Waals surface area contributed by atoms with Crippen LogP contribution in [0.3, 0.4) is 0 Å². The molecule has 1 amide bonds. The maximum Gasteiger partial charge on any atom is 0.341 e. The van der Waals surface area contributed by atoms with Crippen molar-refractivity contribution >= 4 is 11.9 Å². The highest BCUT2D eigenvalue weighted by Gasteiger charge is 2.18. The molecule has 0 aliphatic carbocycles. The van der Waals surface area contributed by atoms with Crippen LogP contribution in [0.2, 0.25) is 0 Å². The molecule has 2 rings (SSSR count). The molecule has 0 saturated heterocycles. The van der Waals surface area contributed by atoms with Crippen LogP contribution in [0.4, 0.5) is 4.39 Å². The van der Waals surface area contributed by atoms with E-state index in [1.165, 1.54) is 19.2 Å². The minimum atomic E-state index is -0.926. The van der Waals surface area contributed by atoms with Gasteiger partial charge in [0.1, 0.15) is 17.3 Å². The van der Waals surface area contributed by atoms with E-state index in [-0.39, 0.29) is 17.4 Å². The molecule has 1 atom stereocenters. The van der Waals surface area contributed by atoms with Crippen molar-refractivity contribution < 1.29 is 28.2 Å². The fraction of sp³-hybridized carbons (Fsp3) is 0.263. The van der Waals surface area contributed by atoms with Crippen LogP contribution in [-0.4, -0.2) is 32.7 Å². The van der Waals surface area contributed by atoms with Gasteiger partial charge in [0, 0.05) is 11.6 Å². The minimum absolute atomic E-state index is 0.267. The third-order valence-electron chi connectivity index (χ3n) is 3.71. The highest BCUT2D eigenvalue weighted by atomic mass is 19.1. The second kappa shape index (κ2) is 8.84. The molecule has 138 valence electrons. The summed E-state index contributed by atoms with van der Waals surface area (Å²) in [6, 6.07) is 10.6. The molecular weight excluding hydrogens is 341 g/mol. The Kier molecular flexibility index (Phi) is 6.54. The predicted molar refractivity (Wildman–Crippen MR) is 92.8 cm³/mol. The van der Waals surface area contributed by atoms with E-state index in [9.17, 15) is 14.0 Å². The van der Waals surface area contributed by atoms with E-state index in [0.717, 1.165) is 11.6 Å². The Balaban J connectivity index is 1.93. The molecule has 0 fully saturated rings. The second-order valence-electron chi connectivity index (χ2n) is 5.45. The number of hydrogen-bond acceptors (Lipinski definition) is 5. The average molecular weight is 361 g/mol. The number of nitrogens with one attached hydrogen (secondary N) is 1. The number of hydrogen-bond donors (Lipinski definition) is 1. The van der Waals surface area contributed by atoms with Crippen molar-refractivity contribution in [1.29, 1.82) is 0 Å². The van der Waals surface area contributed by atoms with Crippen molar-refractivity contribution in [2.24, 2.45) is 0 Å². The van der Waals surface area contributed by atoms with Gasteiger partial charge in [-0.15, -0.1) is 0 Å². The molecule has 2 aromatic carbocycles. The lowest BCUT2D eigenvalue weighted by Gasteiger charge is -2.17. The van der Waals surface area contributed by atoms with Crippen molar-refractivity contribution in [2.45, 2.75) is 13.0 Å². The van der Waals surface area contributed by atoms with Gasteiger partial charge in [-0.3, -0.25) is 4.79 Å². The van der Waals surface area contributed by atoms with Crippen molar-refractivity contribution in [1.82, 2.24) is 5.32 Å². The highest BCUT2D eigenvalue weighted by Crippen LogP contribution is 2.24. The minimum Gasteiger partial charge on any atom is -0.497 e. The SMILES string of the molecule is COc1ccc(C(=O)OCC(=O)NC(C)c2ccccc2OC)c(F)c1. The Morgan fingerprint density at radius 1 is 1.12 bits per heavy atom. The number of amides is 1. The summed E-state index contributed by atoms with van der Waals surface area (Å²) < 4.78 is 28.8. The summed E-state index contributed by atoms with van der Waals surface area (Å²) in [6.45, 7) is 1.25. The zero-order valence-corrected chi connectivity index (χ0v) is 14.7. The van der Waals surface area contributed by atoms with Crippen LogP contribution < -0.4 is 14.8 Å². The summed E-state index contributed by atoms with van der Waals surface area (Å²) in [5.41, 5.74) is 0.521. The number of rotatable bonds is 7. The molecule has 2 aromatic rings. The molecule has 7 heteroatoms. The Bertz CT molecular complexity index is 793. The number of benzene rings is 2. The van der Waals surface area contributed by atoms with Crippen LogP contribution in [0.5, 0.6) is 11.5 Å². The van der Waals surface area contributed by atoms with Crippen molar-refractivity contribution in [3.05, 3.63) is 59.4 Å². The first-order valence-electron chi connectivity index (χ1n) is 7.89. The van der Waals surface area contributed by atoms with Crippen molar-refractivity contribution in [3.8, 4) is 11.5 Å². The molecule has 6 nitrogen and oxygen atoms in total. The van der Waals surface area contributed by atoms with E-state index in [4.69, 9.17) is 14.2 Å². The third-order valence-corrected chi connectivity index (χ3v) is 3.71. The summed E-state index contributed by atoms with van der Waals surface area (Å²) in [5.74, 6) is -1.30. The van der Waals surface area contributed by atoms with E-state index in [1.54, 1.807) is 20.1 Å². The number of esters is 1. The van der Waals surface area contributed by atoms with Crippen LogP contribution in [0, 0.1) is 5.82 Å². The fourth-order valence-electron chi connectivity index (χ4n) is 2.38. The quantitative estimate of drug-likeness (QED) is 0.768. The van der Waals surface area contributed by atoms with E-state index in [2.05, 4.69) is 5.32 Å². The van der Waals surface area contributed by atoms with Crippen LogP contribution in [0.25, 0.3) is 0 Å². The van der Waals surface area contributed by atoms with Gasteiger partial charge in [-0.2, -0.15) is 0 Å². The Labute approximate surface area is 150 Å². The number of halogens is 1. The Hall–Kier alpha value is -3.09. The molecule has 0 spiro atoms. The molecule has 26 heavy (non-hydrogen) atoms. The summed E-state index contributed by atoms with van der Waals surface area (Å²) >= 11 is 0. The van der Waals surface area contributed by atoms with Gasteiger partial charge >= 0.3 is 5.97 Å². The molecular formula is C19H20FNO5. The Morgan fingerprint density at radius 2 is 1.85 bits per heavy atom. The number of carbonyl (C=O) groups is 2. The maximum atomic E-state index is 13.8. The molecule has 0 radical (unpaired) electrons. The average Bonchev–Trinajstić information content (AvgIpc) is 2.65. The standard InChI is InChI=1S/C19H20FNO5/c1-12(14-6-4-5-7-17(14)25-3)21-18(22)11-26-19(23)15-9-8-13(24-2)10-16(15)20/h4-10,12H,11H2,1-3H3,(H,21,22). The van der Waals surface area contributed by atoms with Crippen LogP contribution in [0.15, 0.2) is 42.5 Å². The lowest BCUT2D eigenvalue weighted by atomic mass is 10.1. The monoisotopic (exact) mass is 361 g/mol. The topological polar surface area (TPSA) is 73.9 Å². The largest absolute Gasteiger partial charge is 0.497 e. The van der Waals surface area contributed by atoms with Gasteiger partial charge in [0.25, 0.3) is 5.91 Å². The van der Waals surface area contributed by atoms with E-state index in [1.807, 2.05) is 18.2 Å². The zero-order chi connectivity index (χ0) is 19.1. The third kappa shape index (κ3) is 4.72. The van der Waals surface area contributed by atoms with Gasteiger partial charge in [0.2, 0.25) is 0 Å². The lowest BCUT2D eigenvalue weighted by Crippen LogP contribution is -2.31. The summed E-state index contributed by atoms with van der Waals surface area (Å²) in [6.07, 6.45) is 0. The van der Waals surface area contributed by atoms with Gasteiger partial charge in [-0.1, -0.05) is 18.2 Å². The van der Waals surface area contributed by atoms with E-state index < -0.39 is 24.3 Å². The number of methoxy groups -OCH3 is 2. The smallest absolute Gasteiger partial charge is 0.341 e. The predicted octanol–water partition coefficient (Wildman–Crippen LogP) is 2.88. The van der Waals surface area contributed by atoms with Crippen LogP contribution in [0.1, 0.15) is 28.9 Å². The van der Waals surface area contributed by atoms with Gasteiger partial charge in [0.15, 0.2) is 6.61 Å². The lowest BCUT2D eigenvalue weighted by molar-refractivity contribution is -0.124. The molecule has 0 aromatic heterocycles. The second-order valence-corrected chi connectivity index (χ2v) is 5.45. The number of carbonyl (C=O) groups excluding carboxylic acids is 2. The van der Waals surface area contributed by atoms with Gasteiger partial charge < -0.3 is 19.5 Å². The molecule has 0 heterocycles. The molecule has 1 unspecified atom stereocenters. The zero-order valence-electron chi connectivity index (χ0n) is 14.7. The molecule has 0 saturated carbocycles. The highest BCUT2D eigenvalue weighted by molar-refractivity contribution is 5.91. The molecule has 0 bridgehead atoms. The van der Waals surface area contributed by atoms with Gasteiger partial charge in [-0.25, -0.2) is 9.18 Å². The summed E-state index contributed by atoms with van der Waals surface area (Å²) in [4.78, 5) is 23.9. The fourth-order valence-corrected chi connectivity index (χ4v) is 2.38. The first-order valence-corrected chi connectivity index (χ1v) is 7.89. The van der Waals surface area contributed by atoms with E-state index in [0.29, 0.717) is 5.75 Å². The van der Waals surface area contributed by atoms with Crippen LogP contribution in [-0.2, 0) is 9.53 Å². The first kappa shape index (κ1) is 19.2. The molecule has 0 aliphatic rings. The normalized spacial score (nSPS) is 11.4. The molecule has 0 aliphatic heterocycles. The Morgan fingerprint density at radius 3 is 2.50 bits per heavy atom. The van der Waals surface area contributed by atoms with Crippen LogP contribution >= 0.6 is 0 Å². The van der Waals surface area contributed by atoms with E-state index >= 15 is 0 Å². The van der Waals surface area contributed by atoms with Gasteiger partial charge in [-0.05, 0) is 25.1 Å². The number of ether oxygens (including phenoxy) is 3. The summed E-state index contributed by atoms with van der Waals surface area (Å²) in [7, 11) is 2.93. The summed E-state index contributed by atoms with van der Waals surface area (Å²) in [5, 5.41) is 2.70. The van der Waals surface area contributed by atoms with Crippen molar-refractivity contribution in [2.75, 3.05) is 20.8 Å².